The Bertz CT molecular complexity index is 548. The maximum absolute atomic E-state index is 12.0. The standard InChI is InChI=1S/C14H16ClN3OS/c1-14(8-16,9-5-6-9)18-12(19)7-20-13-10(15)3-2-4-11(13)17/h2-4,9H,5-7,17H2,1H3,(H,18,19). The number of hydrogen-bond acceptors (Lipinski definition) is 4. The van der Waals surface area contributed by atoms with Gasteiger partial charge in [-0.05, 0) is 37.8 Å². The van der Waals surface area contributed by atoms with Crippen LogP contribution in [0.2, 0.25) is 5.02 Å². The molecule has 0 saturated heterocycles. The third kappa shape index (κ3) is 3.38. The summed E-state index contributed by atoms with van der Waals surface area (Å²) in [4.78, 5) is 12.7. The Labute approximate surface area is 127 Å². The van der Waals surface area contributed by atoms with Crippen LogP contribution in [0.15, 0.2) is 23.1 Å². The molecule has 0 bridgehead atoms. The van der Waals surface area contributed by atoms with Gasteiger partial charge in [0.05, 0.1) is 16.8 Å². The van der Waals surface area contributed by atoms with Crippen molar-refractivity contribution in [3.8, 4) is 6.07 Å². The van der Waals surface area contributed by atoms with Crippen LogP contribution in [0.3, 0.4) is 0 Å². The number of rotatable bonds is 5. The number of nitrogens with two attached hydrogens (primary N) is 1. The number of nitrogens with one attached hydrogen (secondary N) is 1. The largest absolute Gasteiger partial charge is 0.398 e. The van der Waals surface area contributed by atoms with Gasteiger partial charge in [0.2, 0.25) is 5.91 Å². The number of benzene rings is 1. The maximum atomic E-state index is 12.0. The molecule has 1 aliphatic rings. The van der Waals surface area contributed by atoms with Crippen LogP contribution in [-0.2, 0) is 4.79 Å². The molecule has 1 unspecified atom stereocenters. The lowest BCUT2D eigenvalue weighted by Crippen LogP contribution is -2.47. The minimum Gasteiger partial charge on any atom is -0.398 e. The molecule has 1 amide bonds. The van der Waals surface area contributed by atoms with Crippen LogP contribution in [-0.4, -0.2) is 17.2 Å². The van der Waals surface area contributed by atoms with E-state index in [0.29, 0.717) is 15.6 Å². The molecule has 0 spiro atoms. The highest BCUT2D eigenvalue weighted by Gasteiger charge is 2.42. The number of carbonyl (C=O) groups is 1. The Morgan fingerprint density at radius 2 is 2.35 bits per heavy atom. The number of amides is 1. The Morgan fingerprint density at radius 3 is 2.90 bits per heavy atom. The highest BCUT2D eigenvalue weighted by atomic mass is 35.5. The lowest BCUT2D eigenvalue weighted by atomic mass is 9.98. The second-order valence-electron chi connectivity index (χ2n) is 5.08. The van der Waals surface area contributed by atoms with Gasteiger partial charge in [-0.2, -0.15) is 5.26 Å². The molecule has 6 heteroatoms. The minimum atomic E-state index is -0.760. The maximum Gasteiger partial charge on any atom is 0.231 e. The minimum absolute atomic E-state index is 0.176. The fourth-order valence-corrected chi connectivity index (χ4v) is 3.16. The van der Waals surface area contributed by atoms with Crippen molar-refractivity contribution in [3.63, 3.8) is 0 Å². The van der Waals surface area contributed by atoms with Crippen LogP contribution in [0, 0.1) is 17.2 Å². The van der Waals surface area contributed by atoms with Gasteiger partial charge in [0, 0.05) is 10.6 Å². The van der Waals surface area contributed by atoms with Crippen molar-refractivity contribution in [2.45, 2.75) is 30.2 Å². The van der Waals surface area contributed by atoms with E-state index in [1.54, 1.807) is 25.1 Å². The molecule has 1 fully saturated rings. The predicted octanol–water partition coefficient (Wildman–Crippen LogP) is 2.82. The van der Waals surface area contributed by atoms with E-state index in [4.69, 9.17) is 17.3 Å². The van der Waals surface area contributed by atoms with Crippen LogP contribution in [0.4, 0.5) is 5.69 Å². The van der Waals surface area contributed by atoms with Crippen LogP contribution in [0.1, 0.15) is 19.8 Å². The summed E-state index contributed by atoms with van der Waals surface area (Å²) >= 11 is 7.34. The van der Waals surface area contributed by atoms with Crippen molar-refractivity contribution in [2.24, 2.45) is 5.92 Å². The Kier molecular flexibility index (Phi) is 4.46. The summed E-state index contributed by atoms with van der Waals surface area (Å²) in [7, 11) is 0. The van der Waals surface area contributed by atoms with Crippen molar-refractivity contribution >= 4 is 35.0 Å². The average molecular weight is 310 g/mol. The normalized spacial score (nSPS) is 17.1. The monoisotopic (exact) mass is 309 g/mol. The molecule has 3 N–H and O–H groups in total. The van der Waals surface area contributed by atoms with Gasteiger partial charge in [0.1, 0.15) is 5.54 Å². The van der Waals surface area contributed by atoms with Gasteiger partial charge in [0.15, 0.2) is 0 Å². The lowest BCUT2D eigenvalue weighted by Gasteiger charge is -2.22. The summed E-state index contributed by atoms with van der Waals surface area (Å²) in [5.41, 5.74) is 5.63. The van der Waals surface area contributed by atoms with Crippen molar-refractivity contribution in [1.29, 1.82) is 5.26 Å². The summed E-state index contributed by atoms with van der Waals surface area (Å²) in [5, 5.41) is 12.6. The van der Waals surface area contributed by atoms with Crippen molar-refractivity contribution in [1.82, 2.24) is 5.32 Å². The molecular weight excluding hydrogens is 294 g/mol. The van der Waals surface area contributed by atoms with E-state index in [2.05, 4.69) is 11.4 Å². The van der Waals surface area contributed by atoms with E-state index >= 15 is 0 Å². The molecule has 1 atom stereocenters. The molecule has 0 heterocycles. The Morgan fingerprint density at radius 1 is 1.65 bits per heavy atom. The van der Waals surface area contributed by atoms with Gasteiger partial charge < -0.3 is 11.1 Å². The molecule has 1 aromatic carbocycles. The van der Waals surface area contributed by atoms with E-state index in [1.807, 2.05) is 0 Å². The van der Waals surface area contributed by atoms with E-state index in [9.17, 15) is 10.1 Å². The van der Waals surface area contributed by atoms with Crippen LogP contribution >= 0.6 is 23.4 Å². The van der Waals surface area contributed by atoms with E-state index in [1.165, 1.54) is 11.8 Å². The summed E-state index contributed by atoms with van der Waals surface area (Å²) < 4.78 is 0. The molecule has 1 aliphatic carbocycles. The zero-order chi connectivity index (χ0) is 14.8. The quantitative estimate of drug-likeness (QED) is 0.647. The molecule has 0 radical (unpaired) electrons. The first-order valence-corrected chi connectivity index (χ1v) is 7.71. The smallest absolute Gasteiger partial charge is 0.231 e. The van der Waals surface area contributed by atoms with Crippen molar-refractivity contribution < 1.29 is 4.79 Å². The van der Waals surface area contributed by atoms with Gasteiger partial charge in [0.25, 0.3) is 0 Å². The lowest BCUT2D eigenvalue weighted by molar-refractivity contribution is -0.119. The van der Waals surface area contributed by atoms with Crippen LogP contribution < -0.4 is 11.1 Å². The van der Waals surface area contributed by atoms with Gasteiger partial charge in [-0.15, -0.1) is 11.8 Å². The number of anilines is 1. The van der Waals surface area contributed by atoms with E-state index < -0.39 is 5.54 Å². The first-order valence-electron chi connectivity index (χ1n) is 6.35. The van der Waals surface area contributed by atoms with Gasteiger partial charge in [-0.25, -0.2) is 0 Å². The average Bonchev–Trinajstić information content (AvgIpc) is 3.22. The number of hydrogen-bond donors (Lipinski definition) is 2. The van der Waals surface area contributed by atoms with Crippen LogP contribution in [0.5, 0.6) is 0 Å². The highest BCUT2D eigenvalue weighted by Crippen LogP contribution is 2.39. The topological polar surface area (TPSA) is 78.9 Å². The Hall–Kier alpha value is -1.38. The second-order valence-corrected chi connectivity index (χ2v) is 6.48. The molecule has 106 valence electrons. The molecule has 0 aliphatic heterocycles. The zero-order valence-corrected chi connectivity index (χ0v) is 12.7. The number of nitrogens with zero attached hydrogens (tertiary/aromatic N) is 1. The summed E-state index contributed by atoms with van der Waals surface area (Å²) in [5.74, 6) is 0.287. The number of halogens is 1. The molecule has 4 nitrogen and oxygen atoms in total. The summed E-state index contributed by atoms with van der Waals surface area (Å²) in [6.07, 6.45) is 1.99. The SMILES string of the molecule is CC(C#N)(NC(=O)CSc1c(N)cccc1Cl)C1CC1. The predicted molar refractivity (Wildman–Crippen MR) is 81.5 cm³/mol. The van der Waals surface area contributed by atoms with E-state index in [-0.39, 0.29) is 17.6 Å². The molecule has 2 rings (SSSR count). The van der Waals surface area contributed by atoms with Gasteiger partial charge in [-0.3, -0.25) is 4.79 Å². The molecule has 1 aromatic rings. The fraction of sp³-hybridized carbons (Fsp3) is 0.429. The highest BCUT2D eigenvalue weighted by molar-refractivity contribution is 8.00. The number of nitriles is 1. The Balaban J connectivity index is 1.94. The number of carbonyl (C=O) groups excluding carboxylic acids is 1. The van der Waals surface area contributed by atoms with Gasteiger partial charge in [-0.1, -0.05) is 17.7 Å². The molecular formula is C14H16ClN3OS. The third-order valence-electron chi connectivity index (χ3n) is 3.37. The molecule has 0 aromatic heterocycles. The van der Waals surface area contributed by atoms with Crippen LogP contribution in [0.25, 0.3) is 0 Å². The summed E-state index contributed by atoms with van der Waals surface area (Å²) in [6.45, 7) is 1.77. The van der Waals surface area contributed by atoms with E-state index in [0.717, 1.165) is 12.8 Å². The second kappa shape index (κ2) is 5.94. The first-order chi connectivity index (χ1) is 9.46. The first kappa shape index (κ1) is 15.0. The summed E-state index contributed by atoms with van der Waals surface area (Å²) in [6, 6.07) is 7.45. The van der Waals surface area contributed by atoms with Gasteiger partial charge >= 0.3 is 0 Å². The number of thioether (sulfide) groups is 1. The fourth-order valence-electron chi connectivity index (χ4n) is 2.02. The molecule has 1 saturated carbocycles. The van der Waals surface area contributed by atoms with Crippen molar-refractivity contribution in [2.75, 3.05) is 11.5 Å². The third-order valence-corrected chi connectivity index (χ3v) is 4.95. The van der Waals surface area contributed by atoms with Crippen molar-refractivity contribution in [3.05, 3.63) is 23.2 Å². The zero-order valence-electron chi connectivity index (χ0n) is 11.1. The number of nitrogen functional groups attached to an aromatic ring is 1. The molecule has 20 heavy (non-hydrogen) atoms.